The van der Waals surface area contributed by atoms with Crippen molar-refractivity contribution in [2.45, 2.75) is 6.92 Å². The Bertz CT molecular complexity index is 324. The van der Waals surface area contributed by atoms with Gasteiger partial charge in [-0.25, -0.2) is 5.53 Å². The number of rotatable bonds is 1. The van der Waals surface area contributed by atoms with Gasteiger partial charge in [0.1, 0.15) is 0 Å². The summed E-state index contributed by atoms with van der Waals surface area (Å²) in [5, 5.41) is 11.7. The molecule has 0 heterocycles. The van der Waals surface area contributed by atoms with Crippen LogP contribution in [0.2, 0.25) is 0 Å². The summed E-state index contributed by atoms with van der Waals surface area (Å²) in [5.74, 6) is 0. The maximum Gasteiger partial charge on any atom is 0.415 e. The summed E-state index contributed by atoms with van der Waals surface area (Å²) in [5.41, 5.74) is 8.29. The maximum atomic E-state index is 8.51. The van der Waals surface area contributed by atoms with E-state index < -0.39 is 0 Å². The zero-order chi connectivity index (χ0) is 8.27. The van der Waals surface area contributed by atoms with Gasteiger partial charge in [-0.2, -0.15) is 5.11 Å². The van der Waals surface area contributed by atoms with Crippen molar-refractivity contribution in [1.82, 2.24) is 0 Å². The van der Waals surface area contributed by atoms with E-state index in [9.17, 15) is 0 Å². The summed E-state index contributed by atoms with van der Waals surface area (Å²) in [7, 11) is 0. The molecule has 4 heteroatoms. The monoisotopic (exact) mass is 147 g/mol. The number of hydrogen-bond donors (Lipinski definition) is 1. The lowest BCUT2D eigenvalue weighted by molar-refractivity contribution is 1.15. The van der Waals surface area contributed by atoms with Crippen molar-refractivity contribution in [2.75, 3.05) is 0 Å². The number of nitrogens with one attached hydrogen (secondary N) is 1. The Labute approximate surface area is 64.0 Å². The third-order valence-corrected chi connectivity index (χ3v) is 1.44. The van der Waals surface area contributed by atoms with E-state index in [1.54, 1.807) is 25.1 Å². The van der Waals surface area contributed by atoms with Gasteiger partial charge in [0, 0.05) is 5.56 Å². The Balaban J connectivity index is 3.38. The van der Waals surface area contributed by atoms with E-state index in [0.717, 1.165) is 5.56 Å². The first-order chi connectivity index (χ1) is 5.29. The molecule has 0 saturated carbocycles. The predicted molar refractivity (Wildman–Crippen MR) is 40.7 cm³/mol. The van der Waals surface area contributed by atoms with Crippen LogP contribution < -0.4 is 0 Å². The minimum atomic E-state index is 0.363. The van der Waals surface area contributed by atoms with E-state index in [1.165, 1.54) is 0 Å². The van der Waals surface area contributed by atoms with Gasteiger partial charge < -0.3 is 0 Å². The zero-order valence-electron chi connectivity index (χ0n) is 6.07. The quantitative estimate of drug-likeness (QED) is 0.481. The molecule has 0 aliphatic carbocycles. The standard InChI is InChI=1S/C7H7N4/c1-5-3-2-4-6(10-8)7(5)11-9/h2-4,8H,1H3/q+1. The van der Waals surface area contributed by atoms with Crippen LogP contribution in [-0.2, 0) is 0 Å². The molecule has 0 spiro atoms. The molecule has 11 heavy (non-hydrogen) atoms. The molecule has 1 aromatic carbocycles. The SMILES string of the molecule is Cc1cccc(N=N)c1[N+]#N. The molecule has 0 aromatic heterocycles. The largest absolute Gasteiger partial charge is 0.415 e. The summed E-state index contributed by atoms with van der Waals surface area (Å²) in [6, 6.07) is 5.18. The highest BCUT2D eigenvalue weighted by Gasteiger charge is 2.15. The molecule has 1 N–H and O–H groups in total. The summed E-state index contributed by atoms with van der Waals surface area (Å²) < 4.78 is 0. The van der Waals surface area contributed by atoms with Crippen LogP contribution >= 0.6 is 0 Å². The average Bonchev–Trinajstić information content (AvgIpc) is 2.04. The number of nitrogens with zero attached hydrogens (tertiary/aromatic N) is 3. The molecule has 0 aliphatic heterocycles. The van der Waals surface area contributed by atoms with Crippen LogP contribution in [-0.4, -0.2) is 0 Å². The van der Waals surface area contributed by atoms with Gasteiger partial charge in [-0.05, 0) is 13.0 Å². The van der Waals surface area contributed by atoms with E-state index >= 15 is 0 Å². The Kier molecular flexibility index (Phi) is 1.93. The molecular formula is C7H7N4+. The molecule has 0 saturated heterocycles. The third kappa shape index (κ3) is 1.22. The van der Waals surface area contributed by atoms with Gasteiger partial charge in [-0.1, -0.05) is 12.1 Å². The summed E-state index contributed by atoms with van der Waals surface area (Å²) in [4.78, 5) is 3.03. The van der Waals surface area contributed by atoms with Gasteiger partial charge in [0.25, 0.3) is 0 Å². The van der Waals surface area contributed by atoms with Crippen molar-refractivity contribution in [1.29, 1.82) is 10.9 Å². The summed E-state index contributed by atoms with van der Waals surface area (Å²) >= 11 is 0. The number of benzene rings is 1. The van der Waals surface area contributed by atoms with E-state index in [0.29, 0.717) is 11.4 Å². The molecule has 0 unspecified atom stereocenters. The molecule has 0 bridgehead atoms. The predicted octanol–water partition coefficient (Wildman–Crippen LogP) is 3.14. The molecule has 0 amide bonds. The van der Waals surface area contributed by atoms with Gasteiger partial charge in [-0.3, -0.25) is 0 Å². The zero-order valence-corrected chi connectivity index (χ0v) is 6.07. The number of diazo groups is 1. The normalized spacial score (nSPS) is 8.73. The second-order valence-corrected chi connectivity index (χ2v) is 2.15. The van der Waals surface area contributed by atoms with Crippen LogP contribution in [0.5, 0.6) is 0 Å². The molecule has 0 fully saturated rings. The van der Waals surface area contributed by atoms with Crippen LogP contribution in [0.1, 0.15) is 5.56 Å². The van der Waals surface area contributed by atoms with Crippen LogP contribution in [0.4, 0.5) is 11.4 Å². The van der Waals surface area contributed by atoms with Crippen molar-refractivity contribution in [3.8, 4) is 0 Å². The third-order valence-electron chi connectivity index (χ3n) is 1.44. The lowest BCUT2D eigenvalue weighted by atomic mass is 10.2. The van der Waals surface area contributed by atoms with Crippen molar-refractivity contribution in [3.63, 3.8) is 0 Å². The molecule has 0 aliphatic rings. The van der Waals surface area contributed by atoms with E-state index in [2.05, 4.69) is 10.1 Å². The van der Waals surface area contributed by atoms with Crippen LogP contribution in [0.15, 0.2) is 23.3 Å². The molecule has 54 valence electrons. The first kappa shape index (κ1) is 7.35. The van der Waals surface area contributed by atoms with E-state index in [4.69, 9.17) is 10.9 Å². The fourth-order valence-electron chi connectivity index (χ4n) is 0.864. The lowest BCUT2D eigenvalue weighted by Gasteiger charge is -1.87. The first-order valence-electron chi connectivity index (χ1n) is 3.11. The Morgan fingerprint density at radius 2 is 2.27 bits per heavy atom. The minimum absolute atomic E-state index is 0.363. The van der Waals surface area contributed by atoms with Crippen molar-refractivity contribution < 1.29 is 0 Å². The smallest absolute Gasteiger partial charge is 0.204 e. The van der Waals surface area contributed by atoms with Crippen molar-refractivity contribution in [2.24, 2.45) is 5.11 Å². The highest BCUT2D eigenvalue weighted by atomic mass is 15.0. The molecule has 1 aromatic rings. The van der Waals surface area contributed by atoms with E-state index in [-0.39, 0.29) is 0 Å². The van der Waals surface area contributed by atoms with Gasteiger partial charge in [-0.15, -0.1) is 0 Å². The fraction of sp³-hybridized carbons (Fsp3) is 0.143. The Hall–Kier alpha value is -1.76. The Morgan fingerprint density at radius 1 is 1.55 bits per heavy atom. The number of aryl methyl sites for hydroxylation is 1. The second kappa shape index (κ2) is 2.88. The fourth-order valence-corrected chi connectivity index (χ4v) is 0.864. The molecule has 0 atom stereocenters. The van der Waals surface area contributed by atoms with Gasteiger partial charge in [0.05, 0.1) is 0 Å². The minimum Gasteiger partial charge on any atom is -0.204 e. The first-order valence-corrected chi connectivity index (χ1v) is 3.11. The highest BCUT2D eigenvalue weighted by Crippen LogP contribution is 2.30. The topological polar surface area (TPSA) is 64.4 Å². The lowest BCUT2D eigenvalue weighted by Crippen LogP contribution is -1.71. The van der Waals surface area contributed by atoms with Crippen LogP contribution in [0.3, 0.4) is 0 Å². The van der Waals surface area contributed by atoms with E-state index in [1.807, 2.05) is 0 Å². The molecule has 0 radical (unpaired) electrons. The van der Waals surface area contributed by atoms with Gasteiger partial charge >= 0.3 is 5.69 Å². The van der Waals surface area contributed by atoms with Crippen LogP contribution in [0.25, 0.3) is 4.98 Å². The van der Waals surface area contributed by atoms with Crippen molar-refractivity contribution >= 4 is 11.4 Å². The number of hydrogen-bond acceptors (Lipinski definition) is 3. The summed E-state index contributed by atoms with van der Waals surface area (Å²) in [6.07, 6.45) is 0. The molecule has 1 rings (SSSR count). The van der Waals surface area contributed by atoms with Gasteiger partial charge in [0.2, 0.25) is 5.39 Å². The molecule has 4 nitrogen and oxygen atoms in total. The van der Waals surface area contributed by atoms with Crippen molar-refractivity contribution in [3.05, 3.63) is 28.7 Å². The molecular weight excluding hydrogens is 140 g/mol. The highest BCUT2D eigenvalue weighted by molar-refractivity contribution is 5.69. The summed E-state index contributed by atoms with van der Waals surface area (Å²) in [6.45, 7) is 1.80. The Morgan fingerprint density at radius 3 is 2.73 bits per heavy atom. The van der Waals surface area contributed by atoms with Crippen LogP contribution in [0, 0.1) is 17.8 Å². The second-order valence-electron chi connectivity index (χ2n) is 2.15. The van der Waals surface area contributed by atoms with Gasteiger partial charge in [0.15, 0.2) is 10.7 Å². The average molecular weight is 147 g/mol. The maximum absolute atomic E-state index is 8.51.